The number of ketones is 1. The number of benzene rings is 1. The Labute approximate surface area is 316 Å². The maximum absolute atomic E-state index is 12.3. The number of likely N-dealkylation sites (tertiary alicyclic amines) is 1. The van der Waals surface area contributed by atoms with E-state index < -0.39 is 0 Å². The van der Waals surface area contributed by atoms with E-state index in [1.807, 2.05) is 27.0 Å². The molecule has 0 bridgehead atoms. The van der Waals surface area contributed by atoms with Crippen LogP contribution in [0.15, 0.2) is 70.6 Å². The lowest BCUT2D eigenvalue weighted by Crippen LogP contribution is -2.43. The molecule has 1 aliphatic heterocycles. The number of nitrogens with one attached hydrogen (secondary N) is 1. The van der Waals surface area contributed by atoms with Crippen molar-refractivity contribution in [1.82, 2.24) is 9.88 Å². The van der Waals surface area contributed by atoms with Crippen LogP contribution in [0.1, 0.15) is 148 Å². The van der Waals surface area contributed by atoms with Crippen molar-refractivity contribution < 1.29 is 9.53 Å². The topological polar surface area (TPSA) is 66.8 Å². The van der Waals surface area contributed by atoms with E-state index in [2.05, 4.69) is 112 Å². The molecule has 1 aromatic heterocycles. The van der Waals surface area contributed by atoms with Gasteiger partial charge in [-0.25, -0.2) is 4.98 Å². The summed E-state index contributed by atoms with van der Waals surface area (Å²) in [5.74, 6) is 2.50. The average Bonchev–Trinajstić information content (AvgIpc) is 3.14. The highest BCUT2D eigenvalue weighted by Gasteiger charge is 2.27. The Morgan fingerprint density at radius 1 is 1.06 bits per heavy atom. The van der Waals surface area contributed by atoms with Crippen molar-refractivity contribution in [2.45, 2.75) is 133 Å². The first-order valence-electron chi connectivity index (χ1n) is 19.8. The molecule has 282 valence electrons. The third-order valence-corrected chi connectivity index (χ3v) is 10.6. The highest BCUT2D eigenvalue weighted by Crippen LogP contribution is 2.40. The molecule has 52 heavy (non-hydrogen) atoms. The summed E-state index contributed by atoms with van der Waals surface area (Å²) in [6.45, 7) is 22.8. The fourth-order valence-corrected chi connectivity index (χ4v) is 6.90. The van der Waals surface area contributed by atoms with Crippen molar-refractivity contribution in [2.24, 2.45) is 4.99 Å². The van der Waals surface area contributed by atoms with Crippen molar-refractivity contribution in [3.63, 3.8) is 0 Å². The molecular weight excluding hydrogens is 641 g/mol. The number of carbonyl (C=O) groups excluding carboxylic acids is 1. The molecule has 1 saturated carbocycles. The molecule has 2 aromatic rings. The van der Waals surface area contributed by atoms with Crippen molar-refractivity contribution in [3.05, 3.63) is 93.5 Å². The number of anilines is 2. The number of pyridine rings is 1. The molecule has 1 aliphatic carbocycles. The summed E-state index contributed by atoms with van der Waals surface area (Å²) in [4.78, 5) is 24.6. The van der Waals surface area contributed by atoms with Crippen molar-refractivity contribution in [1.29, 1.82) is 0 Å². The largest absolute Gasteiger partial charge is 0.495 e. The molecule has 6 heteroatoms. The molecule has 2 fully saturated rings. The zero-order chi connectivity index (χ0) is 38.2. The standard InChI is InChI=1S/C44H60N4O2.C2H6/c1-10-13-14-15-17-37-27-40(32(6)28-45-29-42(50-9)30(4)11-2)47-44(43(37)33(7)35-18-16-19-35)46-38-20-21-39(31(5)26-38)36-22-24-48(25-23-36)34(8)41(49)12-3;1-2/h13-15,17,20-21,26-29,34,36H,10-12,16,18-19,22-25H2,1-9H3,(H,46,47);1-2H3/b14-13+,17-15-,32-28+,42-30?,45-29?;. The lowest BCUT2D eigenvalue weighted by Gasteiger charge is -2.36. The second kappa shape index (κ2) is 21.5. The lowest BCUT2D eigenvalue weighted by molar-refractivity contribution is -0.123. The van der Waals surface area contributed by atoms with Gasteiger partial charge in [-0.1, -0.05) is 70.6 Å². The van der Waals surface area contributed by atoms with Gasteiger partial charge in [0.1, 0.15) is 17.4 Å². The van der Waals surface area contributed by atoms with Gasteiger partial charge in [0.25, 0.3) is 0 Å². The Balaban J connectivity index is 0.00000358. The van der Waals surface area contributed by atoms with E-state index in [4.69, 9.17) is 9.72 Å². The van der Waals surface area contributed by atoms with Gasteiger partial charge in [-0.2, -0.15) is 0 Å². The molecular formula is C46H66N4O2. The maximum atomic E-state index is 12.3. The predicted octanol–water partition coefficient (Wildman–Crippen LogP) is 12.4. The molecule has 1 aromatic carbocycles. The summed E-state index contributed by atoms with van der Waals surface area (Å²) in [5, 5.41) is 3.78. The Hall–Kier alpha value is -4.03. The number of Topliss-reactive ketones (excluding diaryl/α,β-unsaturated/α-hetero) is 1. The Morgan fingerprint density at radius 2 is 1.77 bits per heavy atom. The zero-order valence-electron chi connectivity index (χ0n) is 34.2. The number of methoxy groups -OCH3 is 1. The minimum Gasteiger partial charge on any atom is -0.495 e. The van der Waals surface area contributed by atoms with E-state index >= 15 is 0 Å². The third kappa shape index (κ3) is 11.2. The van der Waals surface area contributed by atoms with Gasteiger partial charge in [0.15, 0.2) is 0 Å². The fraction of sp³-hybridized carbons (Fsp3) is 0.500. The summed E-state index contributed by atoms with van der Waals surface area (Å²) in [7, 11) is 1.69. The molecule has 1 unspecified atom stereocenters. The first-order valence-corrected chi connectivity index (χ1v) is 19.8. The first-order chi connectivity index (χ1) is 25.1. The second-order valence-corrected chi connectivity index (χ2v) is 13.9. The van der Waals surface area contributed by atoms with Gasteiger partial charge in [0.05, 0.1) is 25.1 Å². The Morgan fingerprint density at radius 3 is 2.35 bits per heavy atom. The van der Waals surface area contributed by atoms with Crippen LogP contribution in [0.25, 0.3) is 17.2 Å². The van der Waals surface area contributed by atoms with Crippen LogP contribution in [0, 0.1) is 6.92 Å². The van der Waals surface area contributed by atoms with Crippen molar-refractivity contribution >= 4 is 40.7 Å². The molecule has 4 rings (SSSR count). The normalized spacial score (nSPS) is 16.8. The summed E-state index contributed by atoms with van der Waals surface area (Å²) < 4.78 is 5.56. The average molecular weight is 707 g/mol. The highest BCUT2D eigenvalue weighted by atomic mass is 16.5. The van der Waals surface area contributed by atoms with E-state index in [1.54, 1.807) is 13.3 Å². The summed E-state index contributed by atoms with van der Waals surface area (Å²) >= 11 is 0. The Bertz CT molecular complexity index is 1680. The number of carbonyl (C=O) groups is 1. The fourth-order valence-electron chi connectivity index (χ4n) is 6.90. The van der Waals surface area contributed by atoms with Gasteiger partial charge < -0.3 is 10.1 Å². The van der Waals surface area contributed by atoms with Gasteiger partial charge in [-0.15, -0.1) is 0 Å². The number of aromatic nitrogens is 1. The number of ether oxygens (including phenoxy) is 1. The van der Waals surface area contributed by atoms with Crippen LogP contribution in [0.5, 0.6) is 0 Å². The molecule has 1 atom stereocenters. The smallest absolute Gasteiger partial charge is 0.149 e. The Kier molecular flexibility index (Phi) is 17.5. The van der Waals surface area contributed by atoms with Gasteiger partial charge in [0.2, 0.25) is 0 Å². The number of aliphatic imine (C=N–C) groups is 1. The summed E-state index contributed by atoms with van der Waals surface area (Å²) in [5.41, 5.74) is 11.9. The second-order valence-electron chi connectivity index (χ2n) is 13.9. The number of allylic oxidation sites excluding steroid dienone is 8. The van der Waals surface area contributed by atoms with E-state index in [-0.39, 0.29) is 6.04 Å². The van der Waals surface area contributed by atoms with E-state index in [0.29, 0.717) is 18.1 Å². The predicted molar refractivity (Wildman–Crippen MR) is 225 cm³/mol. The van der Waals surface area contributed by atoms with E-state index in [9.17, 15) is 4.79 Å². The van der Waals surface area contributed by atoms with Crippen molar-refractivity contribution in [3.8, 4) is 0 Å². The third-order valence-electron chi connectivity index (χ3n) is 10.6. The van der Waals surface area contributed by atoms with Crippen LogP contribution in [0.2, 0.25) is 0 Å². The molecule has 0 amide bonds. The van der Waals surface area contributed by atoms with Gasteiger partial charge in [0, 0.05) is 23.9 Å². The first kappa shape index (κ1) is 42.4. The van der Waals surface area contributed by atoms with Crippen LogP contribution in [-0.2, 0) is 9.53 Å². The quantitative estimate of drug-likeness (QED) is 0.113. The minimum absolute atomic E-state index is 0.0158. The highest BCUT2D eigenvalue weighted by molar-refractivity contribution is 5.86. The van der Waals surface area contributed by atoms with E-state index in [1.165, 1.54) is 28.7 Å². The SMILES string of the molecule is CC.CC/C=C/C=C\c1cc(/C(C)=C/N=CC(OC)=C(C)CC)nc(Nc2ccc(C3CCN(C(C)C(=O)CC)CC3)c(C)c2)c1C(C)=C1CCC1. The molecule has 2 aliphatic rings. The monoisotopic (exact) mass is 707 g/mol. The zero-order valence-corrected chi connectivity index (χ0v) is 34.2. The molecule has 6 nitrogen and oxygen atoms in total. The van der Waals surface area contributed by atoms with Crippen LogP contribution >= 0.6 is 0 Å². The maximum Gasteiger partial charge on any atom is 0.149 e. The number of hydrogen-bond acceptors (Lipinski definition) is 6. The van der Waals surface area contributed by atoms with Crippen LogP contribution in [-0.4, -0.2) is 48.1 Å². The molecule has 1 saturated heterocycles. The van der Waals surface area contributed by atoms with E-state index in [0.717, 1.165) is 96.8 Å². The molecule has 0 radical (unpaired) electrons. The molecule has 1 N–H and O–H groups in total. The van der Waals surface area contributed by atoms with Gasteiger partial charge in [-0.3, -0.25) is 14.7 Å². The van der Waals surface area contributed by atoms with Gasteiger partial charge in [-0.05, 0) is 150 Å². The van der Waals surface area contributed by atoms with Crippen LogP contribution < -0.4 is 5.32 Å². The van der Waals surface area contributed by atoms with Crippen molar-refractivity contribution in [2.75, 3.05) is 25.5 Å². The van der Waals surface area contributed by atoms with Crippen LogP contribution in [0.3, 0.4) is 0 Å². The molecule has 0 spiro atoms. The number of nitrogens with zero attached hydrogens (tertiary/aromatic N) is 3. The minimum atomic E-state index is 0.0158. The number of hydrogen-bond donors (Lipinski definition) is 1. The number of piperidine rings is 1. The molecule has 2 heterocycles. The van der Waals surface area contributed by atoms with Crippen LogP contribution in [0.4, 0.5) is 11.5 Å². The summed E-state index contributed by atoms with van der Waals surface area (Å²) in [6, 6.07) is 9.00. The van der Waals surface area contributed by atoms with Gasteiger partial charge >= 0.3 is 0 Å². The lowest BCUT2D eigenvalue weighted by atomic mass is 9.84. The summed E-state index contributed by atoms with van der Waals surface area (Å²) in [6.07, 6.45) is 20.5. The number of rotatable bonds is 15. The number of aryl methyl sites for hydroxylation is 1.